The summed E-state index contributed by atoms with van der Waals surface area (Å²) in [5.74, 6) is 0. The topological polar surface area (TPSA) is 8.82 Å². The van der Waals surface area contributed by atoms with Crippen molar-refractivity contribution in [3.63, 3.8) is 0 Å². The summed E-state index contributed by atoms with van der Waals surface area (Å²) < 4.78 is 16.1. The lowest BCUT2D eigenvalue weighted by atomic mass is 10.1. The lowest BCUT2D eigenvalue weighted by Gasteiger charge is -2.21. The zero-order valence-corrected chi connectivity index (χ0v) is 29.4. The third-order valence-electron chi connectivity index (χ3n) is 9.83. The van der Waals surface area contributed by atoms with Crippen molar-refractivity contribution < 1.29 is 0 Å². The van der Waals surface area contributed by atoms with Crippen molar-refractivity contribution in [1.29, 1.82) is 0 Å². The van der Waals surface area contributed by atoms with Crippen molar-refractivity contribution in [2.45, 2.75) is 55.4 Å². The summed E-state index contributed by atoms with van der Waals surface area (Å²) in [7, 11) is 0. The fraction of sp³-hybridized carbons (Fsp3) is 0.211. The highest BCUT2D eigenvalue weighted by Crippen LogP contribution is 2.50. The van der Waals surface area contributed by atoms with Gasteiger partial charge in [-0.2, -0.15) is 0 Å². The smallest absolute Gasteiger partial charge is 0.0838 e. The Labute approximate surface area is 271 Å². The highest BCUT2D eigenvalue weighted by atomic mass is 32.1. The quantitative estimate of drug-likeness (QED) is 0.115. The summed E-state index contributed by atoms with van der Waals surface area (Å²) in [4.78, 5) is 0. The van der Waals surface area contributed by atoms with Crippen LogP contribution in [-0.2, 0) is 0 Å². The molecule has 9 aromatic rings. The summed E-state index contributed by atoms with van der Waals surface area (Å²) in [5, 5.41) is 0. The molecule has 0 saturated carbocycles. The minimum Gasteiger partial charge on any atom is -0.305 e. The summed E-state index contributed by atoms with van der Waals surface area (Å²) in [5.41, 5.74) is 18.7. The van der Waals surface area contributed by atoms with Crippen molar-refractivity contribution in [2.24, 2.45) is 0 Å². The Bertz CT molecular complexity index is 2420. The van der Waals surface area contributed by atoms with E-state index in [9.17, 15) is 0 Å². The van der Waals surface area contributed by atoms with Gasteiger partial charge in [0, 0.05) is 0 Å². The molecule has 0 saturated heterocycles. The van der Waals surface area contributed by atoms with E-state index in [0.717, 1.165) is 0 Å². The maximum atomic E-state index is 2.61. The van der Waals surface area contributed by atoms with Crippen molar-refractivity contribution in [1.82, 2.24) is 8.80 Å². The van der Waals surface area contributed by atoms with E-state index in [-0.39, 0.29) is 0 Å². The standard InChI is InChI=1S/C38H32N2S4/c1-17-9-25-29(13-21(17)5)41-35-33-36(42-30-14-22(6)18(2)10-26(30)39(25)33)38-34-37(35)43-31-15-23(7)19(3)11-27(31)40(34)28-12-20(4)24(8)16-32(28)44-38/h9-16H,1-8H3. The first kappa shape index (κ1) is 26.9. The Balaban J connectivity index is 1.70. The van der Waals surface area contributed by atoms with Gasteiger partial charge in [0.05, 0.1) is 70.7 Å². The van der Waals surface area contributed by atoms with E-state index in [0.29, 0.717) is 0 Å². The first-order valence-corrected chi connectivity index (χ1v) is 18.4. The minimum absolute atomic E-state index is 1.31. The first-order valence-electron chi connectivity index (χ1n) is 15.1. The van der Waals surface area contributed by atoms with Gasteiger partial charge in [-0.3, -0.25) is 0 Å². The fourth-order valence-corrected chi connectivity index (χ4v) is 12.1. The number of hydrogen-bond acceptors (Lipinski definition) is 4. The van der Waals surface area contributed by atoms with Crippen LogP contribution in [0.25, 0.3) is 70.7 Å². The molecule has 0 atom stereocenters. The van der Waals surface area contributed by atoms with Gasteiger partial charge in [-0.15, -0.1) is 45.3 Å². The molecule has 218 valence electrons. The molecule has 0 aliphatic rings. The molecule has 0 fully saturated rings. The molecule has 0 radical (unpaired) electrons. The summed E-state index contributed by atoms with van der Waals surface area (Å²) in [6.07, 6.45) is 0. The van der Waals surface area contributed by atoms with E-state index >= 15 is 0 Å². The van der Waals surface area contributed by atoms with Gasteiger partial charge in [-0.25, -0.2) is 0 Å². The Morgan fingerprint density at radius 3 is 0.750 bits per heavy atom. The van der Waals surface area contributed by atoms with Crippen LogP contribution in [0.3, 0.4) is 0 Å². The Morgan fingerprint density at radius 2 is 0.523 bits per heavy atom. The molecule has 6 heteroatoms. The van der Waals surface area contributed by atoms with Crippen LogP contribution in [0.15, 0.2) is 48.5 Å². The van der Waals surface area contributed by atoms with E-state index in [1.165, 1.54) is 115 Å². The van der Waals surface area contributed by atoms with Gasteiger partial charge < -0.3 is 8.80 Å². The van der Waals surface area contributed by atoms with Crippen molar-refractivity contribution in [3.8, 4) is 0 Å². The molecular formula is C38H32N2S4. The van der Waals surface area contributed by atoms with E-state index in [1.807, 2.05) is 45.3 Å². The van der Waals surface area contributed by atoms with Crippen LogP contribution < -0.4 is 0 Å². The second-order valence-electron chi connectivity index (χ2n) is 12.7. The van der Waals surface area contributed by atoms with Gasteiger partial charge in [-0.1, -0.05) is 0 Å². The number of hydrogen-bond donors (Lipinski definition) is 0. The molecule has 44 heavy (non-hydrogen) atoms. The molecule has 0 unspecified atom stereocenters. The van der Waals surface area contributed by atoms with Gasteiger partial charge in [0.1, 0.15) is 0 Å². The highest BCUT2D eigenvalue weighted by Gasteiger charge is 2.23. The molecular weight excluding hydrogens is 613 g/mol. The minimum atomic E-state index is 1.31. The SMILES string of the molecule is Cc1cc2sc3c4sc5cc(C)c(C)cc5n5c6cc(C)c(C)cc6sc(c6sc7cc(C)c(C)cc7n(c2cc1C)c36)c45. The van der Waals surface area contributed by atoms with Crippen LogP contribution in [0.5, 0.6) is 0 Å². The third-order valence-corrected chi connectivity index (χ3v) is 14.7. The monoisotopic (exact) mass is 644 g/mol. The largest absolute Gasteiger partial charge is 0.305 e. The van der Waals surface area contributed by atoms with Crippen molar-refractivity contribution >= 4 is 116 Å². The first-order chi connectivity index (χ1) is 21.1. The zero-order chi connectivity index (χ0) is 30.3. The summed E-state index contributed by atoms with van der Waals surface area (Å²) >= 11 is 7.89. The predicted molar refractivity (Wildman–Crippen MR) is 200 cm³/mol. The number of aromatic nitrogens is 2. The van der Waals surface area contributed by atoms with Crippen molar-refractivity contribution in [3.05, 3.63) is 93.0 Å². The maximum absolute atomic E-state index is 2.61. The molecule has 0 aliphatic heterocycles. The lowest BCUT2D eigenvalue weighted by molar-refractivity contribution is 1.28. The highest BCUT2D eigenvalue weighted by molar-refractivity contribution is 7.36. The Kier molecular flexibility index (Phi) is 5.55. The molecule has 4 heterocycles. The second kappa shape index (κ2) is 9.07. The zero-order valence-electron chi connectivity index (χ0n) is 26.1. The van der Waals surface area contributed by atoms with Crippen LogP contribution in [0, 0.1) is 55.4 Å². The number of nitrogens with zero attached hydrogens (tertiary/aromatic N) is 2. The average molecular weight is 645 g/mol. The molecule has 9 rings (SSSR count). The van der Waals surface area contributed by atoms with Gasteiger partial charge in [0.2, 0.25) is 0 Å². The Hall–Kier alpha value is -3.42. The molecule has 0 N–H and O–H groups in total. The molecule has 0 amide bonds. The molecule has 0 spiro atoms. The maximum Gasteiger partial charge on any atom is 0.0838 e. The van der Waals surface area contributed by atoms with Gasteiger partial charge in [-0.05, 0) is 148 Å². The van der Waals surface area contributed by atoms with E-state index < -0.39 is 0 Å². The normalized spacial score (nSPS) is 12.5. The number of aryl methyl sites for hydroxylation is 8. The third kappa shape index (κ3) is 3.51. The molecule has 5 aromatic carbocycles. The van der Waals surface area contributed by atoms with Gasteiger partial charge in [0.15, 0.2) is 0 Å². The molecule has 0 bridgehead atoms. The van der Waals surface area contributed by atoms with E-state index in [1.54, 1.807) is 0 Å². The van der Waals surface area contributed by atoms with E-state index in [2.05, 4.69) is 113 Å². The van der Waals surface area contributed by atoms with Crippen LogP contribution in [0.2, 0.25) is 0 Å². The summed E-state index contributed by atoms with van der Waals surface area (Å²) in [6, 6.07) is 19.3. The van der Waals surface area contributed by atoms with Gasteiger partial charge in [0.25, 0.3) is 0 Å². The molecule has 2 nitrogen and oxygen atoms in total. The number of rotatable bonds is 0. The average Bonchev–Trinajstić information content (AvgIpc) is 2.98. The summed E-state index contributed by atoms with van der Waals surface area (Å²) in [6.45, 7) is 18.0. The van der Waals surface area contributed by atoms with E-state index in [4.69, 9.17) is 0 Å². The lowest BCUT2D eigenvalue weighted by Crippen LogP contribution is -2.01. The number of fused-ring (bicyclic) bond motifs is 10. The molecule has 4 aromatic heterocycles. The number of benzene rings is 5. The van der Waals surface area contributed by atoms with Crippen LogP contribution >= 0.6 is 45.3 Å². The van der Waals surface area contributed by atoms with Crippen molar-refractivity contribution in [2.75, 3.05) is 0 Å². The second-order valence-corrected chi connectivity index (χ2v) is 16.9. The van der Waals surface area contributed by atoms with Crippen LogP contribution in [0.1, 0.15) is 44.5 Å². The van der Waals surface area contributed by atoms with Crippen LogP contribution in [0.4, 0.5) is 0 Å². The Morgan fingerprint density at radius 1 is 0.318 bits per heavy atom. The fourth-order valence-electron chi connectivity index (χ4n) is 6.73. The predicted octanol–water partition coefficient (Wildman–Crippen LogP) is 12.9. The van der Waals surface area contributed by atoms with Gasteiger partial charge >= 0.3 is 0 Å². The van der Waals surface area contributed by atoms with Crippen LogP contribution in [-0.4, -0.2) is 8.80 Å². The molecule has 0 aliphatic carbocycles.